The number of carbonyl (C=O) groups is 3. The van der Waals surface area contributed by atoms with E-state index in [2.05, 4.69) is 10.3 Å². The number of carbonyl (C=O) groups excluding carboxylic acids is 3. The lowest BCUT2D eigenvalue weighted by Gasteiger charge is -2.18. The third kappa shape index (κ3) is 5.64. The molecule has 0 bridgehead atoms. The number of rotatable bonds is 8. The maximum absolute atomic E-state index is 14.7. The third-order valence-corrected chi connectivity index (χ3v) is 5.48. The summed E-state index contributed by atoms with van der Waals surface area (Å²) in [6.07, 6.45) is -3.67. The van der Waals surface area contributed by atoms with Crippen LogP contribution in [0.5, 0.6) is 0 Å². The first kappa shape index (κ1) is 25.4. The van der Waals surface area contributed by atoms with Gasteiger partial charge in [0.2, 0.25) is 5.91 Å². The van der Waals surface area contributed by atoms with Crippen LogP contribution in [0.2, 0.25) is 5.02 Å². The Bertz CT molecular complexity index is 1120. The molecule has 34 heavy (non-hydrogen) atoms. The lowest BCUT2D eigenvalue weighted by molar-refractivity contribution is -0.175. The molecule has 3 rings (SSSR count). The lowest BCUT2D eigenvalue weighted by Crippen LogP contribution is -2.52. The van der Waals surface area contributed by atoms with Crippen molar-refractivity contribution in [1.29, 1.82) is 0 Å². The Morgan fingerprint density at radius 1 is 1.24 bits per heavy atom. The average molecular weight is 502 g/mol. The van der Waals surface area contributed by atoms with Crippen LogP contribution < -0.4 is 10.6 Å². The van der Waals surface area contributed by atoms with Crippen LogP contribution in [-0.2, 0) is 20.7 Å². The molecule has 0 unspecified atom stereocenters. The van der Waals surface area contributed by atoms with Crippen molar-refractivity contribution in [1.82, 2.24) is 15.6 Å². The molecule has 1 fully saturated rings. The summed E-state index contributed by atoms with van der Waals surface area (Å²) in [5.74, 6) is -4.35. The SMILES string of the molecule is CCOC(=O)c1c(Cl)cccc1-c1cnc(CCNC(=O)C2(NC(=O)C(F)(F)F)CC2)c(F)c1. The van der Waals surface area contributed by atoms with Crippen molar-refractivity contribution in [3.8, 4) is 11.1 Å². The van der Waals surface area contributed by atoms with Crippen LogP contribution in [0, 0.1) is 5.82 Å². The number of aromatic nitrogens is 1. The number of amides is 2. The number of ether oxygens (including phenoxy) is 1. The molecule has 0 aliphatic heterocycles. The molecule has 2 aromatic rings. The van der Waals surface area contributed by atoms with Gasteiger partial charge in [0.25, 0.3) is 0 Å². The summed E-state index contributed by atoms with van der Waals surface area (Å²) in [5.41, 5.74) is -0.926. The molecule has 12 heteroatoms. The van der Waals surface area contributed by atoms with E-state index in [4.69, 9.17) is 16.3 Å². The second-order valence-corrected chi connectivity index (χ2v) is 7.98. The number of benzene rings is 1. The summed E-state index contributed by atoms with van der Waals surface area (Å²) in [6, 6.07) is 5.82. The summed E-state index contributed by atoms with van der Waals surface area (Å²) >= 11 is 6.13. The summed E-state index contributed by atoms with van der Waals surface area (Å²) in [6.45, 7) is 1.65. The van der Waals surface area contributed by atoms with Crippen molar-refractivity contribution < 1.29 is 36.7 Å². The first-order valence-corrected chi connectivity index (χ1v) is 10.6. The van der Waals surface area contributed by atoms with Gasteiger partial charge >= 0.3 is 18.1 Å². The van der Waals surface area contributed by atoms with E-state index in [-0.39, 0.29) is 54.3 Å². The zero-order valence-electron chi connectivity index (χ0n) is 17.9. The van der Waals surface area contributed by atoms with E-state index >= 15 is 0 Å². The Hall–Kier alpha value is -3.21. The minimum Gasteiger partial charge on any atom is -0.462 e. The van der Waals surface area contributed by atoms with Crippen LogP contribution in [0.25, 0.3) is 11.1 Å². The molecule has 2 N–H and O–H groups in total. The van der Waals surface area contributed by atoms with E-state index in [9.17, 15) is 31.9 Å². The van der Waals surface area contributed by atoms with Crippen molar-refractivity contribution in [3.05, 3.63) is 52.6 Å². The van der Waals surface area contributed by atoms with E-state index in [1.807, 2.05) is 0 Å². The molecule has 1 aliphatic rings. The van der Waals surface area contributed by atoms with Gasteiger partial charge in [-0.15, -0.1) is 0 Å². The molecule has 1 saturated carbocycles. The zero-order valence-corrected chi connectivity index (χ0v) is 18.6. The highest BCUT2D eigenvalue weighted by atomic mass is 35.5. The van der Waals surface area contributed by atoms with E-state index in [0.29, 0.717) is 5.56 Å². The largest absolute Gasteiger partial charge is 0.471 e. The molecule has 0 radical (unpaired) electrons. The van der Waals surface area contributed by atoms with Gasteiger partial charge in [0.15, 0.2) is 0 Å². The van der Waals surface area contributed by atoms with Gasteiger partial charge in [-0.2, -0.15) is 13.2 Å². The zero-order chi connectivity index (χ0) is 25.1. The van der Waals surface area contributed by atoms with Gasteiger partial charge in [-0.1, -0.05) is 23.7 Å². The van der Waals surface area contributed by atoms with E-state index in [1.165, 1.54) is 12.3 Å². The normalized spacial score (nSPS) is 14.3. The molecule has 2 amide bonds. The van der Waals surface area contributed by atoms with Gasteiger partial charge in [-0.3, -0.25) is 14.6 Å². The van der Waals surface area contributed by atoms with Gasteiger partial charge < -0.3 is 15.4 Å². The van der Waals surface area contributed by atoms with Crippen LogP contribution in [0.1, 0.15) is 35.8 Å². The van der Waals surface area contributed by atoms with Crippen LogP contribution >= 0.6 is 11.6 Å². The van der Waals surface area contributed by atoms with Crippen LogP contribution in [0.3, 0.4) is 0 Å². The van der Waals surface area contributed by atoms with Crippen molar-refractivity contribution in [2.75, 3.05) is 13.2 Å². The number of alkyl halides is 3. The molecule has 0 saturated heterocycles. The Morgan fingerprint density at radius 3 is 2.53 bits per heavy atom. The van der Waals surface area contributed by atoms with E-state index < -0.39 is 35.3 Å². The van der Waals surface area contributed by atoms with Crippen molar-refractivity contribution in [2.24, 2.45) is 0 Å². The highest BCUT2D eigenvalue weighted by Gasteiger charge is 2.54. The Morgan fingerprint density at radius 2 is 1.94 bits per heavy atom. The summed E-state index contributed by atoms with van der Waals surface area (Å²) in [4.78, 5) is 39.7. The Labute approximate surface area is 196 Å². The second kappa shape index (κ2) is 9.96. The van der Waals surface area contributed by atoms with Crippen molar-refractivity contribution >= 4 is 29.4 Å². The fourth-order valence-corrected chi connectivity index (χ4v) is 3.51. The van der Waals surface area contributed by atoms with Crippen LogP contribution in [0.4, 0.5) is 17.6 Å². The summed E-state index contributed by atoms with van der Waals surface area (Å²) in [7, 11) is 0. The highest BCUT2D eigenvalue weighted by molar-refractivity contribution is 6.34. The molecule has 1 aromatic heterocycles. The minimum absolute atomic E-state index is 0.00654. The fourth-order valence-electron chi connectivity index (χ4n) is 3.26. The third-order valence-electron chi connectivity index (χ3n) is 5.16. The van der Waals surface area contributed by atoms with Gasteiger partial charge in [0.05, 0.1) is 22.9 Å². The standard InChI is InChI=1S/C22H20ClF4N3O4/c1-2-34-18(31)17-13(4-3-5-14(17)23)12-10-15(24)16(29-11-12)6-9-28-19(32)21(7-8-21)30-20(33)22(25,26)27/h3-5,10-11H,2,6-9H2,1H3,(H,28,32)(H,30,33). The molecule has 1 aliphatic carbocycles. The number of nitrogens with one attached hydrogen (secondary N) is 2. The molecular weight excluding hydrogens is 482 g/mol. The number of hydrogen-bond donors (Lipinski definition) is 2. The van der Waals surface area contributed by atoms with E-state index in [1.54, 1.807) is 24.4 Å². The van der Waals surface area contributed by atoms with Crippen molar-refractivity contribution in [3.63, 3.8) is 0 Å². The smallest absolute Gasteiger partial charge is 0.462 e. The lowest BCUT2D eigenvalue weighted by atomic mass is 10.0. The average Bonchev–Trinajstić information content (AvgIpc) is 3.54. The predicted octanol–water partition coefficient (Wildman–Crippen LogP) is 3.59. The second-order valence-electron chi connectivity index (χ2n) is 7.58. The molecule has 0 atom stereocenters. The van der Waals surface area contributed by atoms with Gasteiger partial charge in [0, 0.05) is 24.7 Å². The number of pyridine rings is 1. The molecule has 0 spiro atoms. The van der Waals surface area contributed by atoms with Gasteiger partial charge in [0.1, 0.15) is 11.4 Å². The number of hydrogen-bond acceptors (Lipinski definition) is 5. The Balaban J connectivity index is 1.66. The van der Waals surface area contributed by atoms with Gasteiger partial charge in [-0.25, -0.2) is 9.18 Å². The first-order valence-electron chi connectivity index (χ1n) is 10.3. The quantitative estimate of drug-likeness (QED) is 0.425. The monoisotopic (exact) mass is 501 g/mol. The van der Waals surface area contributed by atoms with E-state index in [0.717, 1.165) is 6.07 Å². The maximum Gasteiger partial charge on any atom is 0.471 e. The van der Waals surface area contributed by atoms with Crippen molar-refractivity contribution in [2.45, 2.75) is 37.9 Å². The number of esters is 1. The summed E-state index contributed by atoms with van der Waals surface area (Å²) in [5, 5.41) is 4.24. The Kier molecular flexibility index (Phi) is 7.44. The fraction of sp³-hybridized carbons (Fsp3) is 0.364. The molecule has 1 aromatic carbocycles. The van der Waals surface area contributed by atoms with Gasteiger partial charge in [-0.05, 0) is 37.5 Å². The van der Waals surface area contributed by atoms with Crippen LogP contribution in [-0.4, -0.2) is 47.6 Å². The van der Waals surface area contributed by atoms with Crippen LogP contribution in [0.15, 0.2) is 30.5 Å². The molecular formula is C22H20ClF4N3O4. The number of nitrogens with zero attached hydrogens (tertiary/aromatic N) is 1. The highest BCUT2D eigenvalue weighted by Crippen LogP contribution is 2.36. The molecule has 182 valence electrons. The number of halogens is 5. The predicted molar refractivity (Wildman–Crippen MR) is 113 cm³/mol. The summed E-state index contributed by atoms with van der Waals surface area (Å²) < 4.78 is 57.0. The molecule has 1 heterocycles. The minimum atomic E-state index is -5.10. The first-order chi connectivity index (χ1) is 16.0. The topological polar surface area (TPSA) is 97.4 Å². The maximum atomic E-state index is 14.7. The molecule has 7 nitrogen and oxygen atoms in total.